The summed E-state index contributed by atoms with van der Waals surface area (Å²) in [7, 11) is 0. The van der Waals surface area contributed by atoms with Crippen molar-refractivity contribution in [2.75, 3.05) is 5.32 Å². The Morgan fingerprint density at radius 3 is 2.24 bits per heavy atom. The lowest BCUT2D eigenvalue weighted by Crippen LogP contribution is -2.30. The zero-order valence-corrected chi connectivity index (χ0v) is 15.5. The van der Waals surface area contributed by atoms with Crippen LogP contribution in [0.4, 0.5) is 24.5 Å². The highest BCUT2D eigenvalue weighted by Gasteiger charge is 2.40. The normalized spacial score (nSPS) is 12.1. The van der Waals surface area contributed by atoms with Gasteiger partial charge in [-0.05, 0) is 43.3 Å². The maximum absolute atomic E-state index is 13.8. The number of benzene rings is 2. The number of aromatic nitrogens is 2. The van der Waals surface area contributed by atoms with Gasteiger partial charge in [-0.25, -0.2) is 9.67 Å². The fraction of sp³-hybridized carbons (Fsp3) is 0.150. The van der Waals surface area contributed by atoms with E-state index in [1.165, 1.54) is 38.1 Å². The maximum atomic E-state index is 13.8. The zero-order chi connectivity index (χ0) is 21.2. The van der Waals surface area contributed by atoms with E-state index in [-0.39, 0.29) is 17.3 Å². The number of H-pyrrole nitrogens is 1. The number of amides is 1. The van der Waals surface area contributed by atoms with Crippen molar-refractivity contribution in [2.45, 2.75) is 20.0 Å². The number of carbonyl (C=O) groups excluding carboxylic acids is 1. The maximum Gasteiger partial charge on any atom is 0.434 e. The average Bonchev–Trinajstić information content (AvgIpc) is 2.95. The molecule has 1 amide bonds. The fourth-order valence-electron chi connectivity index (χ4n) is 2.80. The molecule has 2 N–H and O–H groups in total. The molecule has 0 saturated carbocycles. The lowest BCUT2D eigenvalue weighted by atomic mass is 10.1. The van der Waals surface area contributed by atoms with Gasteiger partial charge in [0.15, 0.2) is 5.71 Å². The number of carbonyl (C=O) groups is 1. The van der Waals surface area contributed by atoms with Gasteiger partial charge in [0.25, 0.3) is 5.56 Å². The second kappa shape index (κ2) is 7.78. The number of anilines is 1. The molecule has 29 heavy (non-hydrogen) atoms. The van der Waals surface area contributed by atoms with Gasteiger partial charge >= 0.3 is 6.18 Å². The van der Waals surface area contributed by atoms with Gasteiger partial charge < -0.3 is 5.32 Å². The molecule has 0 aliphatic carbocycles. The number of nitrogens with zero attached hydrogens (tertiary/aromatic N) is 2. The van der Waals surface area contributed by atoms with Crippen molar-refractivity contribution in [3.63, 3.8) is 0 Å². The number of aryl methyl sites for hydroxylation is 1. The number of nitrogens with one attached hydrogen (secondary N) is 2. The first-order valence-corrected chi connectivity index (χ1v) is 8.58. The van der Waals surface area contributed by atoms with Gasteiger partial charge in [0, 0.05) is 18.3 Å². The van der Waals surface area contributed by atoms with Gasteiger partial charge in [0.2, 0.25) is 5.91 Å². The molecule has 0 atom stereocenters. The second-order valence-electron chi connectivity index (χ2n) is 6.27. The van der Waals surface area contributed by atoms with E-state index in [2.05, 4.69) is 15.4 Å². The molecule has 6 nitrogen and oxygen atoms in total. The number of rotatable bonds is 4. The molecule has 150 valence electrons. The first kappa shape index (κ1) is 20.1. The lowest BCUT2D eigenvalue weighted by Gasteiger charge is -2.10. The molecule has 3 aromatic rings. The SMILES string of the molecule is CC(=O)Nc1ccc(N=C(c2c(C)[nH]n(-c3ccccc3)c2=O)C(F)(F)F)cc1. The van der Waals surface area contributed by atoms with Crippen LogP contribution in [0.15, 0.2) is 64.4 Å². The predicted octanol–water partition coefficient (Wildman–Crippen LogP) is 4.12. The van der Waals surface area contributed by atoms with E-state index in [0.29, 0.717) is 11.4 Å². The van der Waals surface area contributed by atoms with Crippen LogP contribution >= 0.6 is 0 Å². The number of aromatic amines is 1. The standard InChI is InChI=1S/C20H17F3N4O2/c1-12-17(19(29)27(26-12)16-6-4-3-5-7-16)18(20(21,22)23)25-15-10-8-14(9-11-15)24-13(2)28/h3-11,26H,1-2H3,(H,24,28). The van der Waals surface area contributed by atoms with E-state index in [9.17, 15) is 22.8 Å². The summed E-state index contributed by atoms with van der Waals surface area (Å²) in [5, 5.41) is 5.19. The van der Waals surface area contributed by atoms with Crippen LogP contribution in [0.3, 0.4) is 0 Å². The highest BCUT2D eigenvalue weighted by atomic mass is 19.4. The molecule has 9 heteroatoms. The number of hydrogen-bond acceptors (Lipinski definition) is 3. The van der Waals surface area contributed by atoms with E-state index in [4.69, 9.17) is 0 Å². The lowest BCUT2D eigenvalue weighted by molar-refractivity contribution is -0.114. The quantitative estimate of drug-likeness (QED) is 0.644. The Balaban J connectivity index is 2.09. The van der Waals surface area contributed by atoms with Crippen LogP contribution in [0, 0.1) is 6.92 Å². The molecule has 0 bridgehead atoms. The Kier molecular flexibility index (Phi) is 5.40. The van der Waals surface area contributed by atoms with E-state index >= 15 is 0 Å². The van der Waals surface area contributed by atoms with E-state index < -0.39 is 23.0 Å². The third-order valence-electron chi connectivity index (χ3n) is 4.02. The number of hydrogen-bond donors (Lipinski definition) is 2. The monoisotopic (exact) mass is 402 g/mol. The van der Waals surface area contributed by atoms with Gasteiger partial charge in [-0.1, -0.05) is 18.2 Å². The number of aliphatic imine (C=N–C) groups is 1. The molecule has 1 aromatic heterocycles. The van der Waals surface area contributed by atoms with Crippen LogP contribution in [0.5, 0.6) is 0 Å². The summed E-state index contributed by atoms with van der Waals surface area (Å²) in [4.78, 5) is 27.5. The van der Waals surface area contributed by atoms with Crippen molar-refractivity contribution in [3.05, 3.63) is 76.2 Å². The Bertz CT molecular complexity index is 1110. The summed E-state index contributed by atoms with van der Waals surface area (Å²) >= 11 is 0. The van der Waals surface area contributed by atoms with Crippen molar-refractivity contribution in [1.82, 2.24) is 9.78 Å². The van der Waals surface area contributed by atoms with Crippen LogP contribution in [0.25, 0.3) is 5.69 Å². The van der Waals surface area contributed by atoms with Gasteiger partial charge in [-0.15, -0.1) is 0 Å². The second-order valence-corrected chi connectivity index (χ2v) is 6.27. The van der Waals surface area contributed by atoms with Crippen molar-refractivity contribution in [2.24, 2.45) is 4.99 Å². The Morgan fingerprint density at radius 1 is 1.07 bits per heavy atom. The molecule has 2 aromatic carbocycles. The minimum absolute atomic E-state index is 0.00214. The minimum Gasteiger partial charge on any atom is -0.326 e. The molecule has 0 radical (unpaired) electrons. The predicted molar refractivity (Wildman–Crippen MR) is 104 cm³/mol. The summed E-state index contributed by atoms with van der Waals surface area (Å²) < 4.78 is 42.3. The average molecular weight is 402 g/mol. The number of para-hydroxylation sites is 1. The van der Waals surface area contributed by atoms with E-state index in [1.54, 1.807) is 30.3 Å². The van der Waals surface area contributed by atoms with Crippen LogP contribution in [-0.2, 0) is 4.79 Å². The van der Waals surface area contributed by atoms with Crippen molar-refractivity contribution < 1.29 is 18.0 Å². The van der Waals surface area contributed by atoms with Crippen molar-refractivity contribution in [3.8, 4) is 5.69 Å². The zero-order valence-electron chi connectivity index (χ0n) is 15.5. The summed E-state index contributed by atoms with van der Waals surface area (Å²) in [6.07, 6.45) is -4.85. The summed E-state index contributed by atoms with van der Waals surface area (Å²) in [5.41, 5.74) is -1.81. The molecular weight excluding hydrogens is 385 g/mol. The topological polar surface area (TPSA) is 79.2 Å². The molecule has 0 aliphatic rings. The van der Waals surface area contributed by atoms with Crippen LogP contribution in [-0.4, -0.2) is 27.6 Å². The Morgan fingerprint density at radius 2 is 1.69 bits per heavy atom. The number of alkyl halides is 3. The molecule has 0 saturated heterocycles. The third-order valence-corrected chi connectivity index (χ3v) is 4.02. The van der Waals surface area contributed by atoms with Crippen molar-refractivity contribution in [1.29, 1.82) is 0 Å². The van der Waals surface area contributed by atoms with Crippen molar-refractivity contribution >= 4 is 23.0 Å². The van der Waals surface area contributed by atoms with Gasteiger partial charge in [0.05, 0.1) is 16.9 Å². The molecular formula is C20H17F3N4O2. The summed E-state index contributed by atoms with van der Waals surface area (Å²) in [6, 6.07) is 13.8. The van der Waals surface area contributed by atoms with Crippen LogP contribution in [0.1, 0.15) is 18.2 Å². The summed E-state index contributed by atoms with van der Waals surface area (Å²) in [5.74, 6) is -0.304. The first-order valence-electron chi connectivity index (χ1n) is 8.58. The van der Waals surface area contributed by atoms with Crippen LogP contribution < -0.4 is 10.9 Å². The molecule has 0 unspecified atom stereocenters. The third kappa shape index (κ3) is 4.45. The number of halogens is 3. The highest BCUT2D eigenvalue weighted by molar-refractivity contribution is 6.06. The largest absolute Gasteiger partial charge is 0.434 e. The van der Waals surface area contributed by atoms with E-state index in [0.717, 1.165) is 4.68 Å². The molecule has 0 aliphatic heterocycles. The van der Waals surface area contributed by atoms with Crippen LogP contribution in [0.2, 0.25) is 0 Å². The molecule has 0 fully saturated rings. The Hall–Kier alpha value is -3.62. The van der Waals surface area contributed by atoms with E-state index in [1.807, 2.05) is 0 Å². The highest BCUT2D eigenvalue weighted by Crippen LogP contribution is 2.27. The fourth-order valence-corrected chi connectivity index (χ4v) is 2.80. The minimum atomic E-state index is -4.85. The smallest absolute Gasteiger partial charge is 0.326 e. The van der Waals surface area contributed by atoms with Gasteiger partial charge in [-0.3, -0.25) is 14.7 Å². The molecule has 3 rings (SSSR count). The first-order chi connectivity index (χ1) is 13.7. The van der Waals surface area contributed by atoms with Gasteiger partial charge in [0.1, 0.15) is 0 Å². The summed E-state index contributed by atoms with van der Waals surface area (Å²) in [6.45, 7) is 2.71. The van der Waals surface area contributed by atoms with Gasteiger partial charge in [-0.2, -0.15) is 13.2 Å². The Labute approximate surface area is 163 Å². The molecule has 0 spiro atoms. The molecule has 1 heterocycles.